The SMILES string of the molecule is CCCCCCCCCCCCCCCCCC(=O)OC(C)C(C)C. The third-order valence-corrected chi connectivity index (χ3v) is 5.24. The molecule has 0 amide bonds. The summed E-state index contributed by atoms with van der Waals surface area (Å²) < 4.78 is 5.39. The molecule has 0 saturated carbocycles. The van der Waals surface area contributed by atoms with Crippen LogP contribution in [0.5, 0.6) is 0 Å². The normalized spacial score (nSPS) is 12.5. The number of rotatable bonds is 18. The molecule has 2 nitrogen and oxygen atoms in total. The summed E-state index contributed by atoms with van der Waals surface area (Å²) in [5, 5.41) is 0. The summed E-state index contributed by atoms with van der Waals surface area (Å²) in [5.41, 5.74) is 0. The van der Waals surface area contributed by atoms with Crippen LogP contribution in [0.1, 0.15) is 130 Å². The molecule has 1 unspecified atom stereocenters. The van der Waals surface area contributed by atoms with E-state index in [1.807, 2.05) is 6.92 Å². The van der Waals surface area contributed by atoms with Crippen LogP contribution in [0.25, 0.3) is 0 Å². The van der Waals surface area contributed by atoms with Gasteiger partial charge in [0.2, 0.25) is 0 Å². The fourth-order valence-corrected chi connectivity index (χ4v) is 3.04. The lowest BCUT2D eigenvalue weighted by atomic mass is 10.0. The molecule has 0 aromatic carbocycles. The summed E-state index contributed by atoms with van der Waals surface area (Å²) in [4.78, 5) is 11.7. The molecule has 0 aliphatic heterocycles. The lowest BCUT2D eigenvalue weighted by molar-refractivity contribution is -0.150. The average Bonchev–Trinajstić information content (AvgIpc) is 2.58. The standard InChI is InChI=1S/C23H46O2/c1-5-6-7-8-9-10-11-12-13-14-15-16-17-18-19-20-23(24)25-22(4)21(2)3/h21-22H,5-20H2,1-4H3. The summed E-state index contributed by atoms with van der Waals surface area (Å²) in [6, 6.07) is 0. The maximum atomic E-state index is 11.7. The Labute approximate surface area is 158 Å². The predicted molar refractivity (Wildman–Crippen MR) is 110 cm³/mol. The minimum Gasteiger partial charge on any atom is -0.462 e. The van der Waals surface area contributed by atoms with Crippen molar-refractivity contribution < 1.29 is 9.53 Å². The first-order valence-corrected chi connectivity index (χ1v) is 11.3. The highest BCUT2D eigenvalue weighted by Gasteiger charge is 2.12. The van der Waals surface area contributed by atoms with Crippen molar-refractivity contribution in [2.45, 2.75) is 137 Å². The van der Waals surface area contributed by atoms with Crippen molar-refractivity contribution in [2.75, 3.05) is 0 Å². The number of hydrogen-bond acceptors (Lipinski definition) is 2. The second-order valence-electron chi connectivity index (χ2n) is 8.14. The molecule has 0 bridgehead atoms. The van der Waals surface area contributed by atoms with Gasteiger partial charge in [0.1, 0.15) is 6.10 Å². The van der Waals surface area contributed by atoms with E-state index in [1.165, 1.54) is 89.9 Å². The zero-order chi connectivity index (χ0) is 18.8. The van der Waals surface area contributed by atoms with Crippen molar-refractivity contribution in [3.05, 3.63) is 0 Å². The molecule has 0 aromatic rings. The van der Waals surface area contributed by atoms with Gasteiger partial charge in [0.15, 0.2) is 0 Å². The predicted octanol–water partition coefficient (Wildman–Crippen LogP) is 7.84. The van der Waals surface area contributed by atoms with E-state index in [9.17, 15) is 4.79 Å². The van der Waals surface area contributed by atoms with E-state index in [2.05, 4.69) is 20.8 Å². The Kier molecular flexibility index (Phi) is 17.9. The maximum Gasteiger partial charge on any atom is 0.306 e. The van der Waals surface area contributed by atoms with Gasteiger partial charge in [-0.2, -0.15) is 0 Å². The second-order valence-corrected chi connectivity index (χ2v) is 8.14. The zero-order valence-corrected chi connectivity index (χ0v) is 17.8. The fraction of sp³-hybridized carbons (Fsp3) is 0.957. The van der Waals surface area contributed by atoms with Crippen molar-refractivity contribution in [3.8, 4) is 0 Å². The van der Waals surface area contributed by atoms with Crippen molar-refractivity contribution >= 4 is 5.97 Å². The zero-order valence-electron chi connectivity index (χ0n) is 17.8. The molecular weight excluding hydrogens is 308 g/mol. The third kappa shape index (κ3) is 18.1. The van der Waals surface area contributed by atoms with Crippen molar-refractivity contribution in [3.63, 3.8) is 0 Å². The van der Waals surface area contributed by atoms with E-state index < -0.39 is 0 Å². The van der Waals surface area contributed by atoms with Crippen LogP contribution in [-0.4, -0.2) is 12.1 Å². The molecule has 0 N–H and O–H groups in total. The Balaban J connectivity index is 3.17. The minimum atomic E-state index is -0.0177. The summed E-state index contributed by atoms with van der Waals surface area (Å²) in [5.74, 6) is 0.390. The topological polar surface area (TPSA) is 26.3 Å². The van der Waals surface area contributed by atoms with Crippen LogP contribution in [0, 0.1) is 5.92 Å². The quantitative estimate of drug-likeness (QED) is 0.185. The molecule has 1 atom stereocenters. The van der Waals surface area contributed by atoms with Crippen molar-refractivity contribution in [2.24, 2.45) is 5.92 Å². The monoisotopic (exact) mass is 354 g/mol. The molecule has 0 heterocycles. The van der Waals surface area contributed by atoms with Crippen molar-refractivity contribution in [1.29, 1.82) is 0 Å². The van der Waals surface area contributed by atoms with Gasteiger partial charge < -0.3 is 4.74 Å². The molecular formula is C23H46O2. The lowest BCUT2D eigenvalue weighted by Gasteiger charge is -2.16. The van der Waals surface area contributed by atoms with Crippen molar-refractivity contribution in [1.82, 2.24) is 0 Å². The number of esters is 1. The van der Waals surface area contributed by atoms with Gasteiger partial charge in [-0.15, -0.1) is 0 Å². The van der Waals surface area contributed by atoms with Gasteiger partial charge in [-0.05, 0) is 19.3 Å². The van der Waals surface area contributed by atoms with Crippen LogP contribution in [0.4, 0.5) is 0 Å². The third-order valence-electron chi connectivity index (χ3n) is 5.24. The van der Waals surface area contributed by atoms with E-state index in [0.717, 1.165) is 6.42 Å². The Morgan fingerprint density at radius 1 is 0.640 bits per heavy atom. The Bertz CT molecular complexity index is 286. The number of ether oxygens (including phenoxy) is 1. The highest BCUT2D eigenvalue weighted by Crippen LogP contribution is 2.14. The lowest BCUT2D eigenvalue weighted by Crippen LogP contribution is -2.19. The first-order valence-electron chi connectivity index (χ1n) is 11.3. The van der Waals surface area contributed by atoms with Crippen LogP contribution in [0.3, 0.4) is 0 Å². The van der Waals surface area contributed by atoms with E-state index in [0.29, 0.717) is 12.3 Å². The van der Waals surface area contributed by atoms with Crippen LogP contribution in [0.2, 0.25) is 0 Å². The molecule has 25 heavy (non-hydrogen) atoms. The number of carbonyl (C=O) groups is 1. The highest BCUT2D eigenvalue weighted by molar-refractivity contribution is 5.69. The Morgan fingerprint density at radius 2 is 1.00 bits per heavy atom. The summed E-state index contributed by atoms with van der Waals surface area (Å²) in [7, 11) is 0. The second kappa shape index (κ2) is 18.3. The largest absolute Gasteiger partial charge is 0.462 e. The molecule has 0 fully saturated rings. The number of hydrogen-bond donors (Lipinski definition) is 0. The van der Waals surface area contributed by atoms with Gasteiger partial charge in [-0.1, -0.05) is 111 Å². The molecule has 2 heteroatoms. The Morgan fingerprint density at radius 3 is 1.36 bits per heavy atom. The molecule has 0 spiro atoms. The summed E-state index contributed by atoms with van der Waals surface area (Å²) in [6.07, 6.45) is 20.9. The number of carbonyl (C=O) groups excluding carboxylic acids is 1. The van der Waals surface area contributed by atoms with E-state index in [1.54, 1.807) is 0 Å². The van der Waals surface area contributed by atoms with Gasteiger partial charge in [0.25, 0.3) is 0 Å². The van der Waals surface area contributed by atoms with Gasteiger partial charge in [-0.25, -0.2) is 0 Å². The molecule has 0 rings (SSSR count). The van der Waals surface area contributed by atoms with Crippen LogP contribution in [-0.2, 0) is 9.53 Å². The summed E-state index contributed by atoms with van der Waals surface area (Å²) >= 11 is 0. The first-order chi connectivity index (χ1) is 12.1. The van der Waals surface area contributed by atoms with E-state index >= 15 is 0 Å². The highest BCUT2D eigenvalue weighted by atomic mass is 16.5. The van der Waals surface area contributed by atoms with Gasteiger partial charge >= 0.3 is 5.97 Å². The Hall–Kier alpha value is -0.530. The van der Waals surface area contributed by atoms with E-state index in [4.69, 9.17) is 4.74 Å². The smallest absolute Gasteiger partial charge is 0.306 e. The maximum absolute atomic E-state index is 11.7. The van der Waals surface area contributed by atoms with Gasteiger partial charge in [0.05, 0.1) is 0 Å². The molecule has 0 aromatic heterocycles. The van der Waals surface area contributed by atoms with Gasteiger partial charge in [0, 0.05) is 6.42 Å². The van der Waals surface area contributed by atoms with Crippen LogP contribution < -0.4 is 0 Å². The van der Waals surface area contributed by atoms with Gasteiger partial charge in [-0.3, -0.25) is 4.79 Å². The molecule has 150 valence electrons. The first kappa shape index (κ1) is 24.5. The average molecular weight is 355 g/mol. The summed E-state index contributed by atoms with van der Waals surface area (Å²) in [6.45, 7) is 8.44. The molecule has 0 radical (unpaired) electrons. The fourth-order valence-electron chi connectivity index (χ4n) is 3.04. The number of unbranched alkanes of at least 4 members (excludes halogenated alkanes) is 14. The van der Waals surface area contributed by atoms with Crippen LogP contribution >= 0.6 is 0 Å². The molecule has 0 aliphatic carbocycles. The molecule has 0 aliphatic rings. The minimum absolute atomic E-state index is 0.0177. The van der Waals surface area contributed by atoms with E-state index in [-0.39, 0.29) is 12.1 Å². The molecule has 0 saturated heterocycles. The van der Waals surface area contributed by atoms with Crippen LogP contribution in [0.15, 0.2) is 0 Å².